The summed E-state index contributed by atoms with van der Waals surface area (Å²) in [5.41, 5.74) is 0.486. The first kappa shape index (κ1) is 26.3. The lowest BCUT2D eigenvalue weighted by atomic mass is 10.1. The number of unbranched alkanes of at least 4 members (excludes halogenated alkanes) is 1. The lowest BCUT2D eigenvalue weighted by Crippen LogP contribution is -2.46. The molecule has 0 radical (unpaired) electrons. The highest BCUT2D eigenvalue weighted by atomic mass is 35.5. The maximum atomic E-state index is 13.9. The third kappa shape index (κ3) is 6.77. The Bertz CT molecular complexity index is 1010. The molecule has 0 saturated carbocycles. The number of anilines is 1. The number of carbonyl (C=O) groups is 3. The van der Waals surface area contributed by atoms with Crippen LogP contribution < -0.4 is 4.90 Å². The molecule has 9 heteroatoms. The van der Waals surface area contributed by atoms with Crippen molar-refractivity contribution in [3.05, 3.63) is 76.0 Å². The van der Waals surface area contributed by atoms with Crippen LogP contribution in [0.4, 0.5) is 5.69 Å². The molecule has 0 aliphatic heterocycles. The fourth-order valence-corrected chi connectivity index (χ4v) is 4.41. The van der Waals surface area contributed by atoms with Crippen LogP contribution in [0.15, 0.2) is 60.5 Å². The molecule has 1 heterocycles. The number of aliphatic hydroxyl groups is 1. The number of aliphatic hydroxyl groups excluding tert-OH is 1. The summed E-state index contributed by atoms with van der Waals surface area (Å²) in [7, 11) is 0. The molecule has 1 aromatic heterocycles. The minimum Gasteiger partial charge on any atom is -0.478 e. The molecular weight excluding hydrogens is 464 g/mol. The number of halogens is 1. The van der Waals surface area contributed by atoms with Crippen molar-refractivity contribution in [2.45, 2.75) is 32.4 Å². The first-order valence-electron chi connectivity index (χ1n) is 10.4. The predicted octanol–water partition coefficient (Wildman–Crippen LogP) is 4.42. The number of carboxylic acid groups (broad SMARTS) is 1. The highest BCUT2D eigenvalue weighted by molar-refractivity contribution is 7.10. The van der Waals surface area contributed by atoms with E-state index in [0.29, 0.717) is 23.1 Å². The van der Waals surface area contributed by atoms with Gasteiger partial charge in [-0.05, 0) is 23.9 Å². The summed E-state index contributed by atoms with van der Waals surface area (Å²) in [5, 5.41) is 20.9. The molecule has 0 aliphatic rings. The second-order valence-corrected chi connectivity index (χ2v) is 8.52. The molecule has 0 aliphatic carbocycles. The maximum Gasteiger partial charge on any atom is 0.328 e. The zero-order valence-electron chi connectivity index (χ0n) is 18.3. The number of hydrogen-bond donors (Lipinski definition) is 2. The van der Waals surface area contributed by atoms with Crippen LogP contribution in [-0.4, -0.2) is 46.0 Å². The van der Waals surface area contributed by atoms with E-state index < -0.39 is 24.5 Å². The minimum absolute atomic E-state index is 0.150. The number of para-hydroxylation sites is 1. The average molecular weight is 491 g/mol. The fourth-order valence-electron chi connectivity index (χ4n) is 3.32. The summed E-state index contributed by atoms with van der Waals surface area (Å²) in [6.45, 7) is 6.06. The van der Waals surface area contributed by atoms with E-state index in [1.165, 1.54) is 16.2 Å². The molecule has 176 valence electrons. The van der Waals surface area contributed by atoms with Crippen molar-refractivity contribution in [3.63, 3.8) is 0 Å². The highest BCUT2D eigenvalue weighted by Crippen LogP contribution is 2.38. The van der Waals surface area contributed by atoms with E-state index in [0.717, 1.165) is 18.9 Å². The minimum atomic E-state index is -1.31. The second kappa shape index (κ2) is 12.9. The van der Waals surface area contributed by atoms with Gasteiger partial charge in [-0.1, -0.05) is 49.2 Å². The quantitative estimate of drug-likeness (QED) is 0.339. The molecular formula is C24H27ClN2O5S. The Morgan fingerprint density at radius 2 is 1.97 bits per heavy atom. The number of carboxylic acids is 1. The van der Waals surface area contributed by atoms with Crippen LogP contribution in [0.5, 0.6) is 0 Å². The van der Waals surface area contributed by atoms with Crippen LogP contribution in [0.25, 0.3) is 0 Å². The normalized spacial score (nSPS) is 11.8. The molecule has 1 unspecified atom stereocenters. The van der Waals surface area contributed by atoms with Crippen molar-refractivity contribution in [3.8, 4) is 0 Å². The van der Waals surface area contributed by atoms with Gasteiger partial charge in [0.25, 0.3) is 11.8 Å². The van der Waals surface area contributed by atoms with Crippen molar-refractivity contribution in [1.82, 2.24) is 4.90 Å². The van der Waals surface area contributed by atoms with E-state index in [1.807, 2.05) is 6.92 Å². The van der Waals surface area contributed by atoms with Crippen LogP contribution in [0.3, 0.4) is 0 Å². The van der Waals surface area contributed by atoms with E-state index in [4.69, 9.17) is 16.7 Å². The summed E-state index contributed by atoms with van der Waals surface area (Å²) in [4.78, 5) is 41.6. The summed E-state index contributed by atoms with van der Waals surface area (Å²) >= 11 is 7.75. The molecule has 2 aromatic rings. The number of rotatable bonds is 12. The number of nitrogens with zero attached hydrogens (tertiary/aromatic N) is 2. The highest BCUT2D eigenvalue weighted by Gasteiger charge is 2.37. The second-order valence-electron chi connectivity index (χ2n) is 7.13. The van der Waals surface area contributed by atoms with Crippen LogP contribution in [0.2, 0.25) is 5.02 Å². The molecule has 33 heavy (non-hydrogen) atoms. The number of thiophene rings is 1. The molecule has 0 bridgehead atoms. The number of carbonyl (C=O) groups excluding carboxylic acids is 2. The molecule has 1 aromatic carbocycles. The third-order valence-electron chi connectivity index (χ3n) is 4.84. The molecule has 0 fully saturated rings. The van der Waals surface area contributed by atoms with Gasteiger partial charge in [-0.2, -0.15) is 0 Å². The molecule has 2 N–H and O–H groups in total. The molecule has 0 saturated heterocycles. The van der Waals surface area contributed by atoms with Gasteiger partial charge in [-0.3, -0.25) is 14.5 Å². The van der Waals surface area contributed by atoms with Crippen molar-refractivity contribution in [1.29, 1.82) is 0 Å². The van der Waals surface area contributed by atoms with Crippen molar-refractivity contribution in [2.24, 2.45) is 0 Å². The van der Waals surface area contributed by atoms with E-state index in [2.05, 4.69) is 6.58 Å². The van der Waals surface area contributed by atoms with E-state index >= 15 is 0 Å². The smallest absolute Gasteiger partial charge is 0.328 e. The van der Waals surface area contributed by atoms with Gasteiger partial charge in [0, 0.05) is 35.7 Å². The SMILES string of the molecule is C=CCN(CCCC)C(=O)C(c1cccs1)N(C(=O)/C=C\C(=O)O)c1c(Cl)cccc1CO. The van der Waals surface area contributed by atoms with Crippen LogP contribution in [0.1, 0.15) is 36.2 Å². The lowest BCUT2D eigenvalue weighted by Gasteiger charge is -2.35. The number of amides is 2. The van der Waals surface area contributed by atoms with Crippen LogP contribution in [0, 0.1) is 0 Å². The van der Waals surface area contributed by atoms with Gasteiger partial charge in [0.05, 0.1) is 17.3 Å². The zero-order chi connectivity index (χ0) is 24.4. The summed E-state index contributed by atoms with van der Waals surface area (Å²) in [6, 6.07) is 7.15. The Balaban J connectivity index is 2.73. The Labute approximate surface area is 202 Å². The Hall–Kier alpha value is -2.94. The summed E-state index contributed by atoms with van der Waals surface area (Å²) in [5.74, 6) is -2.41. The molecule has 0 spiro atoms. The Kier molecular flexibility index (Phi) is 10.3. The lowest BCUT2D eigenvalue weighted by molar-refractivity contribution is -0.133. The monoisotopic (exact) mass is 490 g/mol. The van der Waals surface area contributed by atoms with Gasteiger partial charge < -0.3 is 15.1 Å². The van der Waals surface area contributed by atoms with Crippen molar-refractivity contribution >= 4 is 46.4 Å². The van der Waals surface area contributed by atoms with Crippen molar-refractivity contribution < 1.29 is 24.6 Å². The van der Waals surface area contributed by atoms with Gasteiger partial charge in [0.1, 0.15) is 0 Å². The first-order chi connectivity index (χ1) is 15.8. The summed E-state index contributed by atoms with van der Waals surface area (Å²) in [6.07, 6.45) is 4.83. The Morgan fingerprint density at radius 1 is 1.21 bits per heavy atom. The van der Waals surface area contributed by atoms with Gasteiger partial charge >= 0.3 is 5.97 Å². The number of benzene rings is 1. The standard InChI is InChI=1S/C24H27ClN2O5S/c1-3-5-14-26(13-4-2)24(32)23(19-10-7-15-33-19)27(20(29)11-12-21(30)31)22-17(16-28)8-6-9-18(22)25/h4,6-12,15,23,28H,2-3,5,13-14,16H2,1H3,(H,30,31)/b12-11-. The largest absolute Gasteiger partial charge is 0.478 e. The zero-order valence-corrected chi connectivity index (χ0v) is 19.9. The number of aliphatic carboxylic acids is 1. The van der Waals surface area contributed by atoms with E-state index in [9.17, 15) is 19.5 Å². The Morgan fingerprint density at radius 3 is 2.55 bits per heavy atom. The van der Waals surface area contributed by atoms with Gasteiger partial charge in [-0.25, -0.2) is 4.79 Å². The molecule has 1 atom stereocenters. The fraction of sp³-hybridized carbons (Fsp3) is 0.292. The average Bonchev–Trinajstić information content (AvgIpc) is 3.32. The van der Waals surface area contributed by atoms with E-state index in [1.54, 1.807) is 46.7 Å². The topological polar surface area (TPSA) is 98.2 Å². The predicted molar refractivity (Wildman–Crippen MR) is 130 cm³/mol. The van der Waals surface area contributed by atoms with Crippen molar-refractivity contribution in [2.75, 3.05) is 18.0 Å². The van der Waals surface area contributed by atoms with Gasteiger partial charge in [0.15, 0.2) is 6.04 Å². The molecule has 2 rings (SSSR count). The summed E-state index contributed by atoms with van der Waals surface area (Å²) < 4.78 is 0. The molecule has 7 nitrogen and oxygen atoms in total. The maximum absolute atomic E-state index is 13.9. The van der Waals surface area contributed by atoms with Crippen LogP contribution in [-0.2, 0) is 21.0 Å². The third-order valence-corrected chi connectivity index (χ3v) is 6.06. The number of hydrogen-bond acceptors (Lipinski definition) is 5. The van der Waals surface area contributed by atoms with E-state index in [-0.39, 0.29) is 23.2 Å². The first-order valence-corrected chi connectivity index (χ1v) is 11.7. The van der Waals surface area contributed by atoms with Crippen LogP contribution >= 0.6 is 22.9 Å². The molecule has 2 amide bonds. The van der Waals surface area contributed by atoms with Gasteiger partial charge in [-0.15, -0.1) is 17.9 Å². The van der Waals surface area contributed by atoms with Gasteiger partial charge in [0.2, 0.25) is 0 Å².